The molecular formula is C28H39N5O. The molecule has 0 radical (unpaired) electrons. The second-order valence-electron chi connectivity index (χ2n) is 10.6. The van der Waals surface area contributed by atoms with Gasteiger partial charge in [0, 0.05) is 32.1 Å². The lowest BCUT2D eigenvalue weighted by Crippen LogP contribution is -2.31. The van der Waals surface area contributed by atoms with Crippen LogP contribution in [0.5, 0.6) is 5.75 Å². The van der Waals surface area contributed by atoms with Gasteiger partial charge in [0.15, 0.2) is 0 Å². The van der Waals surface area contributed by atoms with Gasteiger partial charge >= 0.3 is 0 Å². The second-order valence-corrected chi connectivity index (χ2v) is 10.6. The number of hydrogen-bond donors (Lipinski definition) is 2. The molecule has 34 heavy (non-hydrogen) atoms. The van der Waals surface area contributed by atoms with Crippen molar-refractivity contribution in [3.05, 3.63) is 54.1 Å². The van der Waals surface area contributed by atoms with E-state index in [1.165, 1.54) is 18.4 Å². The van der Waals surface area contributed by atoms with Gasteiger partial charge in [-0.25, -0.2) is 4.98 Å². The quantitative estimate of drug-likeness (QED) is 0.453. The first-order chi connectivity index (χ1) is 16.3. The molecule has 6 heteroatoms. The van der Waals surface area contributed by atoms with E-state index in [0.717, 1.165) is 60.3 Å². The van der Waals surface area contributed by atoms with Crippen molar-refractivity contribution in [3.63, 3.8) is 0 Å². The van der Waals surface area contributed by atoms with Crippen LogP contribution in [-0.2, 0) is 6.54 Å². The Morgan fingerprint density at radius 3 is 2.32 bits per heavy atom. The van der Waals surface area contributed by atoms with Crippen LogP contribution in [0.2, 0.25) is 0 Å². The molecular weight excluding hydrogens is 422 g/mol. The molecule has 2 aromatic carbocycles. The minimum absolute atomic E-state index is 0.164. The van der Waals surface area contributed by atoms with E-state index in [0.29, 0.717) is 6.04 Å². The van der Waals surface area contributed by atoms with Crippen molar-refractivity contribution in [1.82, 2.24) is 15.3 Å². The molecule has 1 aromatic heterocycles. The molecule has 1 saturated carbocycles. The third-order valence-electron chi connectivity index (χ3n) is 6.30. The second kappa shape index (κ2) is 10.6. The monoisotopic (exact) mass is 461 g/mol. The molecule has 2 N–H and O–H groups in total. The zero-order valence-electron chi connectivity index (χ0n) is 21.3. The molecule has 0 amide bonds. The molecule has 182 valence electrons. The maximum absolute atomic E-state index is 5.91. The highest BCUT2D eigenvalue weighted by Crippen LogP contribution is 2.28. The highest BCUT2D eigenvalue weighted by molar-refractivity contribution is 5.90. The van der Waals surface area contributed by atoms with E-state index in [1.807, 2.05) is 26.2 Å². The summed E-state index contributed by atoms with van der Waals surface area (Å²) in [7, 11) is 4.07. The predicted molar refractivity (Wildman–Crippen MR) is 142 cm³/mol. The van der Waals surface area contributed by atoms with Crippen molar-refractivity contribution < 1.29 is 4.74 Å². The van der Waals surface area contributed by atoms with Crippen LogP contribution < -0.4 is 20.3 Å². The number of anilines is 2. The molecule has 0 unspecified atom stereocenters. The molecule has 4 rings (SSSR count). The lowest BCUT2D eigenvalue weighted by Gasteiger charge is -2.29. The number of nitrogens with one attached hydrogen (secondary N) is 2. The van der Waals surface area contributed by atoms with Gasteiger partial charge in [0.1, 0.15) is 17.2 Å². The number of ether oxygens (including phenoxy) is 1. The van der Waals surface area contributed by atoms with Gasteiger partial charge < -0.3 is 20.3 Å². The van der Waals surface area contributed by atoms with Gasteiger partial charge in [-0.05, 0) is 88.7 Å². The lowest BCUT2D eigenvalue weighted by molar-refractivity contribution is 0.131. The SMILES string of the molecule is CN(C)c1nc(NC2CCC(CNCc3ccc(OC(C)(C)C)cc3)CC2)nc2ccccc12. The first-order valence-corrected chi connectivity index (χ1v) is 12.5. The van der Waals surface area contributed by atoms with E-state index < -0.39 is 0 Å². The van der Waals surface area contributed by atoms with Crippen LogP contribution in [0.4, 0.5) is 11.8 Å². The van der Waals surface area contributed by atoms with Crippen LogP contribution in [0.25, 0.3) is 10.9 Å². The van der Waals surface area contributed by atoms with E-state index in [-0.39, 0.29) is 5.60 Å². The van der Waals surface area contributed by atoms with Gasteiger partial charge in [-0.15, -0.1) is 0 Å². The third-order valence-corrected chi connectivity index (χ3v) is 6.30. The number of hydrogen-bond acceptors (Lipinski definition) is 6. The molecule has 0 spiro atoms. The zero-order chi connectivity index (χ0) is 24.1. The van der Waals surface area contributed by atoms with E-state index >= 15 is 0 Å². The molecule has 1 aliphatic carbocycles. The summed E-state index contributed by atoms with van der Waals surface area (Å²) in [6.07, 6.45) is 4.74. The van der Waals surface area contributed by atoms with Crippen molar-refractivity contribution in [2.45, 2.75) is 64.6 Å². The smallest absolute Gasteiger partial charge is 0.225 e. The van der Waals surface area contributed by atoms with E-state index in [1.54, 1.807) is 0 Å². The van der Waals surface area contributed by atoms with Gasteiger partial charge in [-0.1, -0.05) is 24.3 Å². The molecule has 0 atom stereocenters. The summed E-state index contributed by atoms with van der Waals surface area (Å²) in [5.41, 5.74) is 2.11. The summed E-state index contributed by atoms with van der Waals surface area (Å²) in [6, 6.07) is 17.1. The summed E-state index contributed by atoms with van der Waals surface area (Å²) >= 11 is 0. The Morgan fingerprint density at radius 1 is 0.941 bits per heavy atom. The normalized spacial score (nSPS) is 18.6. The molecule has 6 nitrogen and oxygen atoms in total. The zero-order valence-corrected chi connectivity index (χ0v) is 21.3. The summed E-state index contributed by atoms with van der Waals surface area (Å²) in [5.74, 6) is 3.35. The number of para-hydroxylation sites is 1. The summed E-state index contributed by atoms with van der Waals surface area (Å²) < 4.78 is 5.91. The molecule has 1 heterocycles. The average molecular weight is 462 g/mol. The van der Waals surface area contributed by atoms with E-state index in [2.05, 4.69) is 72.7 Å². The fourth-order valence-corrected chi connectivity index (χ4v) is 4.61. The number of rotatable bonds is 8. The molecule has 1 fully saturated rings. The van der Waals surface area contributed by atoms with Crippen LogP contribution >= 0.6 is 0 Å². The van der Waals surface area contributed by atoms with Gasteiger partial charge in [0.25, 0.3) is 0 Å². The Hall–Kier alpha value is -2.86. The van der Waals surface area contributed by atoms with Gasteiger partial charge in [0.2, 0.25) is 5.95 Å². The summed E-state index contributed by atoms with van der Waals surface area (Å²) in [4.78, 5) is 11.6. The van der Waals surface area contributed by atoms with Gasteiger partial charge in [-0.3, -0.25) is 0 Å². The number of fused-ring (bicyclic) bond motifs is 1. The van der Waals surface area contributed by atoms with Gasteiger partial charge in [-0.2, -0.15) is 4.98 Å². The Bertz CT molecular complexity index is 1070. The van der Waals surface area contributed by atoms with Crippen LogP contribution in [0.15, 0.2) is 48.5 Å². The van der Waals surface area contributed by atoms with E-state index in [9.17, 15) is 0 Å². The van der Waals surface area contributed by atoms with Gasteiger partial charge in [0.05, 0.1) is 5.52 Å². The Balaban J connectivity index is 1.23. The molecule has 3 aromatic rings. The van der Waals surface area contributed by atoms with E-state index in [4.69, 9.17) is 14.7 Å². The maximum atomic E-state index is 5.91. The Labute approximate surface area is 204 Å². The summed E-state index contributed by atoms with van der Waals surface area (Å²) in [6.45, 7) is 8.17. The third kappa shape index (κ3) is 6.60. The molecule has 0 aliphatic heterocycles. The number of nitrogens with zero attached hydrogens (tertiary/aromatic N) is 3. The van der Waals surface area contributed by atoms with Crippen molar-refractivity contribution in [3.8, 4) is 5.75 Å². The minimum atomic E-state index is -0.164. The standard InChI is InChI=1S/C28H39N5O/c1-28(2,3)34-23-16-12-21(13-17-23)19-29-18-20-10-14-22(15-11-20)30-27-31-25-9-7-6-8-24(25)26(32-27)33(4)5/h6-9,12-13,16-17,20,22,29H,10-11,14-15,18-19H2,1-5H3,(H,30,31,32). The lowest BCUT2D eigenvalue weighted by atomic mass is 9.86. The Kier molecular flexibility index (Phi) is 7.57. The van der Waals surface area contributed by atoms with Crippen molar-refractivity contribution >= 4 is 22.7 Å². The first-order valence-electron chi connectivity index (χ1n) is 12.5. The summed E-state index contributed by atoms with van der Waals surface area (Å²) in [5, 5.41) is 8.35. The molecule has 1 aliphatic rings. The number of aromatic nitrogens is 2. The van der Waals surface area contributed by atoms with Crippen LogP contribution in [0, 0.1) is 5.92 Å². The van der Waals surface area contributed by atoms with Crippen LogP contribution in [0.3, 0.4) is 0 Å². The Morgan fingerprint density at radius 2 is 1.65 bits per heavy atom. The highest BCUT2D eigenvalue weighted by Gasteiger charge is 2.22. The fraction of sp³-hybridized carbons (Fsp3) is 0.500. The highest BCUT2D eigenvalue weighted by atomic mass is 16.5. The minimum Gasteiger partial charge on any atom is -0.488 e. The first kappa shape index (κ1) is 24.3. The molecule has 0 bridgehead atoms. The maximum Gasteiger partial charge on any atom is 0.225 e. The molecule has 0 saturated heterocycles. The van der Waals surface area contributed by atoms with Crippen molar-refractivity contribution in [2.75, 3.05) is 30.9 Å². The van der Waals surface area contributed by atoms with Crippen molar-refractivity contribution in [1.29, 1.82) is 0 Å². The fourth-order valence-electron chi connectivity index (χ4n) is 4.61. The largest absolute Gasteiger partial charge is 0.488 e. The predicted octanol–water partition coefficient (Wildman–Crippen LogP) is 5.63. The number of benzene rings is 2. The van der Waals surface area contributed by atoms with Crippen LogP contribution in [0.1, 0.15) is 52.0 Å². The van der Waals surface area contributed by atoms with Crippen molar-refractivity contribution in [2.24, 2.45) is 5.92 Å². The topological polar surface area (TPSA) is 62.3 Å². The van der Waals surface area contributed by atoms with Crippen LogP contribution in [-0.4, -0.2) is 42.3 Å². The average Bonchev–Trinajstić information content (AvgIpc) is 2.80.